The van der Waals surface area contributed by atoms with E-state index in [0.717, 1.165) is 18.7 Å². The first-order chi connectivity index (χ1) is 7.70. The van der Waals surface area contributed by atoms with Gasteiger partial charge in [-0.1, -0.05) is 0 Å². The number of nitrogens with one attached hydrogen (secondary N) is 1. The van der Waals surface area contributed by atoms with Crippen molar-refractivity contribution < 1.29 is 0 Å². The zero-order valence-electron chi connectivity index (χ0n) is 9.83. The molecule has 0 spiro atoms. The fourth-order valence-electron chi connectivity index (χ4n) is 2.13. The van der Waals surface area contributed by atoms with Crippen molar-refractivity contribution in [2.24, 2.45) is 0 Å². The molecule has 0 amide bonds. The fourth-order valence-corrected chi connectivity index (χ4v) is 2.13. The summed E-state index contributed by atoms with van der Waals surface area (Å²) >= 11 is 0. The van der Waals surface area contributed by atoms with Gasteiger partial charge in [-0.25, -0.2) is 0 Å². The standard InChI is InChI=1S/C13H17N3/c1-10(5-7-14)15-12-3-4-13-11(9-12)6-8-16(13)2/h3-4,9-10,15H,5-6,8H2,1-2H3. The summed E-state index contributed by atoms with van der Waals surface area (Å²) in [5.74, 6) is 0. The summed E-state index contributed by atoms with van der Waals surface area (Å²) in [6.45, 7) is 3.13. The zero-order valence-corrected chi connectivity index (χ0v) is 9.83. The summed E-state index contributed by atoms with van der Waals surface area (Å²) in [6.07, 6.45) is 1.66. The second kappa shape index (κ2) is 4.44. The number of hydrogen-bond acceptors (Lipinski definition) is 3. The van der Waals surface area contributed by atoms with Gasteiger partial charge in [-0.05, 0) is 37.1 Å². The van der Waals surface area contributed by atoms with E-state index in [1.807, 2.05) is 6.92 Å². The lowest BCUT2D eigenvalue weighted by Crippen LogP contribution is -2.14. The number of fused-ring (bicyclic) bond motifs is 1. The average Bonchev–Trinajstić information content (AvgIpc) is 2.60. The molecule has 0 fully saturated rings. The van der Waals surface area contributed by atoms with Gasteiger partial charge >= 0.3 is 0 Å². The van der Waals surface area contributed by atoms with Gasteiger partial charge in [0.15, 0.2) is 0 Å². The van der Waals surface area contributed by atoms with E-state index in [9.17, 15) is 0 Å². The third-order valence-electron chi connectivity index (χ3n) is 3.02. The Balaban J connectivity index is 2.11. The Morgan fingerprint density at radius 3 is 3.12 bits per heavy atom. The molecule has 1 heterocycles. The van der Waals surface area contributed by atoms with Crippen molar-refractivity contribution >= 4 is 11.4 Å². The van der Waals surface area contributed by atoms with E-state index in [-0.39, 0.29) is 6.04 Å². The van der Waals surface area contributed by atoms with Gasteiger partial charge in [0.1, 0.15) is 0 Å². The molecule has 3 nitrogen and oxygen atoms in total. The summed E-state index contributed by atoms with van der Waals surface area (Å²) in [4.78, 5) is 2.28. The van der Waals surface area contributed by atoms with Gasteiger partial charge in [-0.15, -0.1) is 0 Å². The lowest BCUT2D eigenvalue weighted by atomic mass is 10.1. The molecule has 1 N–H and O–H groups in total. The number of nitrogens with zero attached hydrogens (tertiary/aromatic N) is 2. The SMILES string of the molecule is CC(CC#N)Nc1ccc2c(c1)CCN2C. The quantitative estimate of drug-likeness (QED) is 0.841. The Labute approximate surface area is 96.7 Å². The van der Waals surface area contributed by atoms with Gasteiger partial charge in [0.2, 0.25) is 0 Å². The molecule has 0 bridgehead atoms. The van der Waals surface area contributed by atoms with E-state index in [2.05, 4.69) is 41.5 Å². The van der Waals surface area contributed by atoms with Crippen LogP contribution in [0.4, 0.5) is 11.4 Å². The zero-order chi connectivity index (χ0) is 11.5. The highest BCUT2D eigenvalue weighted by molar-refractivity contribution is 5.63. The maximum Gasteiger partial charge on any atom is 0.0643 e. The largest absolute Gasteiger partial charge is 0.382 e. The van der Waals surface area contributed by atoms with Gasteiger partial charge in [-0.2, -0.15) is 5.26 Å². The molecule has 1 aliphatic rings. The average molecular weight is 215 g/mol. The van der Waals surface area contributed by atoms with Crippen molar-refractivity contribution in [2.75, 3.05) is 23.8 Å². The molecule has 1 unspecified atom stereocenters. The molecule has 1 aromatic rings. The molecule has 0 aliphatic carbocycles. The van der Waals surface area contributed by atoms with Gasteiger partial charge in [0.05, 0.1) is 12.5 Å². The van der Waals surface area contributed by atoms with Gasteiger partial charge < -0.3 is 10.2 Å². The molecule has 1 aliphatic heterocycles. The topological polar surface area (TPSA) is 39.1 Å². The lowest BCUT2D eigenvalue weighted by Gasteiger charge is -2.15. The van der Waals surface area contributed by atoms with Crippen molar-refractivity contribution in [1.82, 2.24) is 0 Å². The van der Waals surface area contributed by atoms with Crippen LogP contribution in [0.25, 0.3) is 0 Å². The maximum atomic E-state index is 8.61. The Kier molecular flexibility index (Phi) is 3.00. The van der Waals surface area contributed by atoms with Crippen molar-refractivity contribution in [3.05, 3.63) is 23.8 Å². The first-order valence-electron chi connectivity index (χ1n) is 5.68. The highest BCUT2D eigenvalue weighted by Crippen LogP contribution is 2.29. The Morgan fingerprint density at radius 2 is 2.38 bits per heavy atom. The lowest BCUT2D eigenvalue weighted by molar-refractivity contribution is 0.821. The first kappa shape index (κ1) is 10.8. The minimum atomic E-state index is 0.210. The summed E-state index contributed by atoms with van der Waals surface area (Å²) in [6, 6.07) is 8.84. The molecule has 0 radical (unpaired) electrons. The monoisotopic (exact) mass is 215 g/mol. The van der Waals surface area contributed by atoms with Crippen LogP contribution in [0.15, 0.2) is 18.2 Å². The molecule has 0 aromatic heterocycles. The Morgan fingerprint density at radius 1 is 1.56 bits per heavy atom. The second-order valence-corrected chi connectivity index (χ2v) is 4.42. The molecule has 0 saturated heterocycles. The summed E-state index contributed by atoms with van der Waals surface area (Å²) in [5.41, 5.74) is 3.85. The predicted octanol–water partition coefficient (Wildman–Crippen LogP) is 2.39. The van der Waals surface area contributed by atoms with E-state index in [1.165, 1.54) is 11.3 Å². The smallest absolute Gasteiger partial charge is 0.0643 e. The normalized spacial score (nSPS) is 15.4. The number of benzene rings is 1. The summed E-state index contributed by atoms with van der Waals surface area (Å²) < 4.78 is 0. The van der Waals surface area contributed by atoms with E-state index < -0.39 is 0 Å². The van der Waals surface area contributed by atoms with Gasteiger partial charge in [0.25, 0.3) is 0 Å². The molecule has 84 valence electrons. The van der Waals surface area contributed by atoms with E-state index >= 15 is 0 Å². The first-order valence-corrected chi connectivity index (χ1v) is 5.68. The van der Waals surface area contributed by atoms with Crippen LogP contribution in [0, 0.1) is 11.3 Å². The highest BCUT2D eigenvalue weighted by atomic mass is 15.1. The van der Waals surface area contributed by atoms with Crippen LogP contribution in [-0.4, -0.2) is 19.6 Å². The van der Waals surface area contributed by atoms with Crippen LogP contribution < -0.4 is 10.2 Å². The van der Waals surface area contributed by atoms with Crippen LogP contribution in [0.2, 0.25) is 0 Å². The Hall–Kier alpha value is -1.69. The van der Waals surface area contributed by atoms with Crippen molar-refractivity contribution in [3.63, 3.8) is 0 Å². The molecular weight excluding hydrogens is 198 g/mol. The molecule has 0 saturated carbocycles. The second-order valence-electron chi connectivity index (χ2n) is 4.42. The Bertz CT molecular complexity index is 420. The third-order valence-corrected chi connectivity index (χ3v) is 3.02. The number of likely N-dealkylation sites (N-methyl/N-ethyl adjacent to an activating group) is 1. The van der Waals surface area contributed by atoms with Crippen molar-refractivity contribution in [2.45, 2.75) is 25.8 Å². The van der Waals surface area contributed by atoms with E-state index in [1.54, 1.807) is 0 Å². The van der Waals surface area contributed by atoms with E-state index in [0.29, 0.717) is 6.42 Å². The molecule has 3 heteroatoms. The van der Waals surface area contributed by atoms with Gasteiger partial charge in [0, 0.05) is 31.0 Å². The third kappa shape index (κ3) is 2.11. The minimum absolute atomic E-state index is 0.210. The minimum Gasteiger partial charge on any atom is -0.382 e. The number of rotatable bonds is 3. The van der Waals surface area contributed by atoms with Crippen LogP contribution in [0.1, 0.15) is 18.9 Å². The molecule has 1 atom stereocenters. The van der Waals surface area contributed by atoms with Crippen LogP contribution in [-0.2, 0) is 6.42 Å². The van der Waals surface area contributed by atoms with Crippen molar-refractivity contribution in [1.29, 1.82) is 5.26 Å². The van der Waals surface area contributed by atoms with Crippen LogP contribution in [0.5, 0.6) is 0 Å². The number of hydrogen-bond donors (Lipinski definition) is 1. The number of nitriles is 1. The highest BCUT2D eigenvalue weighted by Gasteiger charge is 2.15. The summed E-state index contributed by atoms with van der Waals surface area (Å²) in [7, 11) is 2.12. The molecule has 1 aromatic carbocycles. The van der Waals surface area contributed by atoms with Crippen LogP contribution in [0.3, 0.4) is 0 Å². The molecule has 16 heavy (non-hydrogen) atoms. The maximum absolute atomic E-state index is 8.61. The van der Waals surface area contributed by atoms with Crippen molar-refractivity contribution in [3.8, 4) is 6.07 Å². The molecular formula is C13H17N3. The van der Waals surface area contributed by atoms with Crippen LogP contribution >= 0.6 is 0 Å². The summed E-state index contributed by atoms with van der Waals surface area (Å²) in [5, 5.41) is 12.0. The van der Waals surface area contributed by atoms with E-state index in [4.69, 9.17) is 5.26 Å². The fraction of sp³-hybridized carbons (Fsp3) is 0.462. The predicted molar refractivity (Wildman–Crippen MR) is 66.7 cm³/mol. The molecule has 2 rings (SSSR count). The number of anilines is 2. The van der Waals surface area contributed by atoms with Gasteiger partial charge in [-0.3, -0.25) is 0 Å².